The third-order valence-corrected chi connectivity index (χ3v) is 9.29. The fourth-order valence-corrected chi connectivity index (χ4v) is 7.44. The van der Waals surface area contributed by atoms with E-state index in [1.165, 1.54) is 6.07 Å². The number of fused-ring (bicyclic) bond motifs is 5. The average molecular weight is 582 g/mol. The summed E-state index contributed by atoms with van der Waals surface area (Å²) in [5.41, 5.74) is 11.6. The molecule has 0 spiro atoms. The van der Waals surface area contributed by atoms with Crippen molar-refractivity contribution in [1.82, 2.24) is 30.2 Å². The van der Waals surface area contributed by atoms with Crippen LogP contribution in [-0.2, 0) is 0 Å². The van der Waals surface area contributed by atoms with Gasteiger partial charge < -0.3 is 30.8 Å². The zero-order valence-electron chi connectivity index (χ0n) is 22.7. The van der Waals surface area contributed by atoms with Crippen molar-refractivity contribution in [3.63, 3.8) is 0 Å². The van der Waals surface area contributed by atoms with Crippen molar-refractivity contribution in [2.24, 2.45) is 0 Å². The number of hydrogen-bond donors (Lipinski definition) is 3. The molecule has 4 aromatic rings. The van der Waals surface area contributed by atoms with Crippen LogP contribution in [0.4, 0.5) is 30.8 Å². The zero-order chi connectivity index (χ0) is 28.7. The Labute approximate surface area is 238 Å². The largest absolute Gasteiger partial charge is 0.461 e. The number of nitrogens with zero attached hydrogens (tertiary/aromatic N) is 6. The molecule has 220 valence electrons. The summed E-state index contributed by atoms with van der Waals surface area (Å²) < 4.78 is 56.8. The number of nitrogen functional groups attached to an aromatic ring is 2. The van der Waals surface area contributed by atoms with E-state index in [-0.39, 0.29) is 69.8 Å². The van der Waals surface area contributed by atoms with Crippen LogP contribution in [0.15, 0.2) is 16.5 Å². The van der Waals surface area contributed by atoms with Gasteiger partial charge in [-0.25, -0.2) is 18.2 Å². The molecular formula is C28H30F3N9O2. The van der Waals surface area contributed by atoms with Gasteiger partial charge >= 0.3 is 6.01 Å². The van der Waals surface area contributed by atoms with Gasteiger partial charge in [0.2, 0.25) is 0 Å². The van der Waals surface area contributed by atoms with Crippen LogP contribution in [0.1, 0.15) is 32.1 Å². The monoisotopic (exact) mass is 581 g/mol. The van der Waals surface area contributed by atoms with Crippen molar-refractivity contribution in [2.75, 3.05) is 49.2 Å². The highest BCUT2D eigenvalue weighted by Gasteiger charge is 2.49. The lowest BCUT2D eigenvalue weighted by atomic mass is 9.95. The van der Waals surface area contributed by atoms with Crippen LogP contribution < -0.4 is 26.4 Å². The third-order valence-electron chi connectivity index (χ3n) is 9.29. The molecule has 8 rings (SSSR count). The fraction of sp³-hybridized carbons (Fsp3) is 0.500. The number of alkyl halides is 1. The first-order chi connectivity index (χ1) is 20.3. The summed E-state index contributed by atoms with van der Waals surface area (Å²) in [4.78, 5) is 22.1. The molecule has 0 amide bonds. The van der Waals surface area contributed by atoms with Crippen molar-refractivity contribution >= 4 is 39.8 Å². The molecular weight excluding hydrogens is 551 g/mol. The van der Waals surface area contributed by atoms with Crippen LogP contribution in [0.2, 0.25) is 0 Å². The van der Waals surface area contributed by atoms with E-state index in [0.29, 0.717) is 31.9 Å². The number of aromatic nitrogens is 4. The number of nitrogens with one attached hydrogen (secondary N) is 1. The number of oxazole rings is 1. The van der Waals surface area contributed by atoms with Gasteiger partial charge in [0.15, 0.2) is 23.0 Å². The standard InChI is InChI=1S/C28H30F3N9O2/c29-13-8-28(6-1-7-40(28)9-13)12-41-27-37-21-19(31)18(16-4-5-17(30)23-20(16)36-26(33)42-23)24(32)35-22(21)25(38-27)39-10-14-2-3-15(11-39)34-14/h4-5,13-15,34H,1-3,6-12H2,(H2,32,35)(H2,33,36)/t13-,14?,15?,28+/m1/s1. The van der Waals surface area contributed by atoms with Gasteiger partial charge in [-0.05, 0) is 44.4 Å². The van der Waals surface area contributed by atoms with E-state index in [0.717, 1.165) is 38.3 Å². The van der Waals surface area contributed by atoms with E-state index >= 15 is 4.39 Å². The maximum Gasteiger partial charge on any atom is 0.319 e. The van der Waals surface area contributed by atoms with E-state index in [1.807, 2.05) is 0 Å². The Balaban J connectivity index is 1.27. The van der Waals surface area contributed by atoms with Crippen molar-refractivity contribution in [3.05, 3.63) is 23.8 Å². The highest BCUT2D eigenvalue weighted by Crippen LogP contribution is 2.42. The van der Waals surface area contributed by atoms with Gasteiger partial charge in [-0.1, -0.05) is 0 Å². The van der Waals surface area contributed by atoms with Crippen molar-refractivity contribution in [2.45, 2.75) is 55.9 Å². The Morgan fingerprint density at radius 3 is 2.64 bits per heavy atom. The number of rotatable bonds is 5. The Morgan fingerprint density at radius 1 is 1.02 bits per heavy atom. The Kier molecular flexibility index (Phi) is 5.70. The first-order valence-electron chi connectivity index (χ1n) is 14.3. The summed E-state index contributed by atoms with van der Waals surface area (Å²) in [6.07, 6.45) is 3.31. The van der Waals surface area contributed by atoms with Crippen LogP contribution in [0.3, 0.4) is 0 Å². The topological polar surface area (TPSA) is 144 Å². The fourth-order valence-electron chi connectivity index (χ4n) is 7.44. The van der Waals surface area contributed by atoms with Gasteiger partial charge in [0, 0.05) is 43.7 Å². The van der Waals surface area contributed by atoms with Crippen LogP contribution in [-0.4, -0.2) is 81.4 Å². The number of benzene rings is 1. The summed E-state index contributed by atoms with van der Waals surface area (Å²) in [6.45, 7) is 2.71. The molecule has 4 fully saturated rings. The second kappa shape index (κ2) is 9.30. The molecule has 2 bridgehead atoms. The quantitative estimate of drug-likeness (QED) is 0.320. The van der Waals surface area contributed by atoms with Gasteiger partial charge in [0.1, 0.15) is 35.1 Å². The Hall–Kier alpha value is -3.91. The van der Waals surface area contributed by atoms with E-state index in [4.69, 9.17) is 25.6 Å². The molecule has 4 saturated heterocycles. The van der Waals surface area contributed by atoms with E-state index < -0.39 is 23.3 Å². The smallest absolute Gasteiger partial charge is 0.319 e. The highest BCUT2D eigenvalue weighted by atomic mass is 19.1. The first kappa shape index (κ1) is 25.8. The molecule has 42 heavy (non-hydrogen) atoms. The predicted octanol–water partition coefficient (Wildman–Crippen LogP) is 3.17. The second-order valence-corrected chi connectivity index (χ2v) is 11.9. The highest BCUT2D eigenvalue weighted by molar-refractivity contribution is 5.99. The first-order valence-corrected chi connectivity index (χ1v) is 14.3. The molecule has 4 aliphatic rings. The van der Waals surface area contributed by atoms with E-state index in [1.54, 1.807) is 0 Å². The summed E-state index contributed by atoms with van der Waals surface area (Å²) >= 11 is 0. The van der Waals surface area contributed by atoms with E-state index in [2.05, 4.69) is 30.1 Å². The third kappa shape index (κ3) is 3.95. The zero-order valence-corrected chi connectivity index (χ0v) is 22.7. The van der Waals surface area contributed by atoms with Gasteiger partial charge in [-0.15, -0.1) is 0 Å². The van der Waals surface area contributed by atoms with Crippen LogP contribution in [0, 0.1) is 11.6 Å². The minimum absolute atomic E-state index is 0.0155. The number of nitrogens with two attached hydrogens (primary N) is 2. The lowest BCUT2D eigenvalue weighted by Crippen LogP contribution is -2.51. The molecule has 4 aliphatic heterocycles. The number of hydrogen-bond acceptors (Lipinski definition) is 11. The number of anilines is 3. The maximum atomic E-state index is 16.6. The van der Waals surface area contributed by atoms with Crippen LogP contribution in [0.5, 0.6) is 6.01 Å². The number of halogens is 3. The predicted molar refractivity (Wildman–Crippen MR) is 150 cm³/mol. The maximum absolute atomic E-state index is 16.6. The van der Waals surface area contributed by atoms with Gasteiger partial charge in [0.05, 0.1) is 11.1 Å². The summed E-state index contributed by atoms with van der Waals surface area (Å²) in [7, 11) is 0. The number of ether oxygens (including phenoxy) is 1. The molecule has 3 aromatic heterocycles. The Bertz CT molecular complexity index is 1720. The summed E-state index contributed by atoms with van der Waals surface area (Å²) in [5.74, 6) is -1.17. The molecule has 0 radical (unpaired) electrons. The van der Waals surface area contributed by atoms with E-state index in [9.17, 15) is 8.78 Å². The molecule has 2 unspecified atom stereocenters. The average Bonchev–Trinajstić information content (AvgIpc) is 3.70. The minimum Gasteiger partial charge on any atom is -0.461 e. The van der Waals surface area contributed by atoms with Crippen molar-refractivity contribution < 1.29 is 22.3 Å². The van der Waals surface area contributed by atoms with Gasteiger partial charge in [-0.3, -0.25) is 4.90 Å². The summed E-state index contributed by atoms with van der Waals surface area (Å²) in [6, 6.07) is 2.76. The molecule has 14 heteroatoms. The summed E-state index contributed by atoms with van der Waals surface area (Å²) in [5, 5.41) is 3.59. The number of piperazine rings is 1. The molecule has 1 aromatic carbocycles. The normalized spacial score (nSPS) is 27.4. The second-order valence-electron chi connectivity index (χ2n) is 11.9. The minimum atomic E-state index is -0.913. The SMILES string of the molecule is Nc1nc2c(-c3c(N)nc4c(N5CC6CCC(C5)N6)nc(OC[C@@]56CCCN5C[C@H](F)C6)nc4c3F)ccc(F)c2o1. The lowest BCUT2D eigenvalue weighted by Gasteiger charge is -2.34. The molecule has 5 N–H and O–H groups in total. The van der Waals surface area contributed by atoms with Crippen molar-refractivity contribution in [1.29, 1.82) is 0 Å². The Morgan fingerprint density at radius 2 is 1.83 bits per heavy atom. The van der Waals surface area contributed by atoms with Crippen LogP contribution >= 0.6 is 0 Å². The molecule has 7 heterocycles. The molecule has 4 atom stereocenters. The molecule has 0 saturated carbocycles. The molecule has 11 nitrogen and oxygen atoms in total. The number of pyridine rings is 1. The van der Waals surface area contributed by atoms with Gasteiger partial charge in [-0.2, -0.15) is 15.0 Å². The lowest BCUT2D eigenvalue weighted by molar-refractivity contribution is 0.107. The van der Waals surface area contributed by atoms with Crippen molar-refractivity contribution in [3.8, 4) is 17.1 Å². The molecule has 0 aliphatic carbocycles. The van der Waals surface area contributed by atoms with Crippen LogP contribution in [0.25, 0.3) is 33.3 Å². The van der Waals surface area contributed by atoms with Gasteiger partial charge in [0.25, 0.3) is 6.01 Å².